The van der Waals surface area contributed by atoms with Crippen LogP contribution in [0.15, 0.2) is 98.1 Å². The monoisotopic (exact) mass is 604 g/mol. The smallest absolute Gasteiger partial charge is 0.254 e. The van der Waals surface area contributed by atoms with Crippen molar-refractivity contribution in [3.05, 3.63) is 143 Å². The van der Waals surface area contributed by atoms with Gasteiger partial charge in [-0.15, -0.1) is 0 Å². The maximum atomic E-state index is 13.2. The molecule has 45 heavy (non-hydrogen) atoms. The third-order valence-electron chi connectivity index (χ3n) is 8.19. The van der Waals surface area contributed by atoms with Gasteiger partial charge in [-0.25, -0.2) is 4.39 Å². The lowest BCUT2D eigenvalue weighted by Crippen LogP contribution is -2.37. The lowest BCUT2D eigenvalue weighted by Gasteiger charge is -2.29. The van der Waals surface area contributed by atoms with E-state index in [0.717, 1.165) is 64.3 Å². The van der Waals surface area contributed by atoms with Crippen molar-refractivity contribution in [2.75, 3.05) is 27.3 Å². The van der Waals surface area contributed by atoms with Gasteiger partial charge >= 0.3 is 0 Å². The van der Waals surface area contributed by atoms with Gasteiger partial charge in [0.05, 0.1) is 14.2 Å². The zero-order valence-electron chi connectivity index (χ0n) is 25.7. The van der Waals surface area contributed by atoms with Gasteiger partial charge in [-0.1, -0.05) is 61.7 Å². The zero-order chi connectivity index (χ0) is 31.9. The number of rotatable bonds is 8. The van der Waals surface area contributed by atoms with Crippen LogP contribution in [0.1, 0.15) is 54.1 Å². The molecule has 0 unspecified atom stereocenters. The van der Waals surface area contributed by atoms with Gasteiger partial charge in [0.15, 0.2) is 0 Å². The highest BCUT2D eigenvalue weighted by Gasteiger charge is 2.25. The van der Waals surface area contributed by atoms with Crippen LogP contribution in [0.5, 0.6) is 11.5 Å². The molecule has 6 rings (SSSR count). The maximum Gasteiger partial charge on any atom is 0.254 e. The number of hydrogen-bond acceptors (Lipinski definition) is 4. The Kier molecular flexibility index (Phi) is 9.78. The molecule has 0 spiro atoms. The minimum atomic E-state index is -0.471. The highest BCUT2D eigenvalue weighted by molar-refractivity contribution is 5.97. The highest BCUT2D eigenvalue weighted by atomic mass is 19.1. The van der Waals surface area contributed by atoms with Crippen LogP contribution < -0.4 is 9.47 Å². The maximum absolute atomic E-state index is 13.2. The minimum Gasteiger partial charge on any atom is -0.497 e. The predicted molar refractivity (Wildman–Crippen MR) is 176 cm³/mol. The van der Waals surface area contributed by atoms with E-state index < -0.39 is 5.83 Å². The van der Waals surface area contributed by atoms with Crippen LogP contribution in [0, 0.1) is 0 Å². The van der Waals surface area contributed by atoms with E-state index in [2.05, 4.69) is 19.2 Å². The standard InChI is InChI=1S/C19H18FNO2.C19H19NO2/c1-13(20)15-5-8-18-16(11-15)9-10-21(19(18)22)12-14-3-6-17(23-2)7-4-14;1-3-14-6-9-18-16(12-14)10-11-20(19(18)21)13-15-4-7-17(22-2)8-5-15/h3-8,11H,1,9-10,12H2,2H3;3-9,12H,1,10-11,13H2,2H3. The number of hydrogen-bond donors (Lipinski definition) is 0. The largest absolute Gasteiger partial charge is 0.497 e. The molecule has 4 aromatic carbocycles. The van der Waals surface area contributed by atoms with E-state index in [1.807, 2.05) is 76.5 Å². The van der Waals surface area contributed by atoms with Crippen molar-refractivity contribution in [3.8, 4) is 11.5 Å². The van der Waals surface area contributed by atoms with E-state index in [1.54, 1.807) is 32.4 Å². The van der Waals surface area contributed by atoms with Gasteiger partial charge in [-0.3, -0.25) is 9.59 Å². The van der Waals surface area contributed by atoms with E-state index in [-0.39, 0.29) is 11.8 Å². The molecule has 2 aliphatic heterocycles. The lowest BCUT2D eigenvalue weighted by atomic mass is 9.96. The van der Waals surface area contributed by atoms with E-state index in [9.17, 15) is 14.0 Å². The van der Waals surface area contributed by atoms with Gasteiger partial charge < -0.3 is 19.3 Å². The first-order chi connectivity index (χ1) is 21.8. The average molecular weight is 605 g/mol. The lowest BCUT2D eigenvalue weighted by molar-refractivity contribution is 0.0719. The summed E-state index contributed by atoms with van der Waals surface area (Å²) in [6.07, 6.45) is 3.42. The van der Waals surface area contributed by atoms with Crippen molar-refractivity contribution in [3.63, 3.8) is 0 Å². The number of fused-ring (bicyclic) bond motifs is 2. The van der Waals surface area contributed by atoms with Crippen LogP contribution in [0.3, 0.4) is 0 Å². The Morgan fingerprint density at radius 1 is 0.733 bits per heavy atom. The number of carbonyl (C=O) groups is 2. The van der Waals surface area contributed by atoms with E-state index in [0.29, 0.717) is 30.8 Å². The Morgan fingerprint density at radius 2 is 1.20 bits per heavy atom. The summed E-state index contributed by atoms with van der Waals surface area (Å²) in [7, 11) is 3.28. The number of benzene rings is 4. The molecule has 0 aromatic heterocycles. The van der Waals surface area contributed by atoms with Crippen molar-refractivity contribution < 1.29 is 23.5 Å². The second-order valence-electron chi connectivity index (χ2n) is 11.0. The fraction of sp³-hybridized carbons (Fsp3) is 0.211. The van der Waals surface area contributed by atoms with Gasteiger partial charge in [0.1, 0.15) is 17.3 Å². The summed E-state index contributed by atoms with van der Waals surface area (Å²) in [6.45, 7) is 9.64. The van der Waals surface area contributed by atoms with Gasteiger partial charge in [0.2, 0.25) is 0 Å². The molecule has 0 aliphatic carbocycles. The van der Waals surface area contributed by atoms with Crippen molar-refractivity contribution in [2.24, 2.45) is 0 Å². The normalized spacial score (nSPS) is 13.7. The molecule has 0 saturated heterocycles. The van der Waals surface area contributed by atoms with Crippen molar-refractivity contribution in [2.45, 2.75) is 25.9 Å². The number of carbonyl (C=O) groups excluding carboxylic acids is 2. The minimum absolute atomic E-state index is 0.0157. The molecule has 7 heteroatoms. The first-order valence-corrected chi connectivity index (χ1v) is 14.9. The molecule has 0 radical (unpaired) electrons. The van der Waals surface area contributed by atoms with Gasteiger partial charge in [-0.05, 0) is 83.1 Å². The summed E-state index contributed by atoms with van der Waals surface area (Å²) in [5.41, 5.74) is 7.14. The van der Waals surface area contributed by atoms with E-state index in [4.69, 9.17) is 9.47 Å². The second kappa shape index (κ2) is 14.1. The predicted octanol–water partition coefficient (Wildman–Crippen LogP) is 7.37. The summed E-state index contributed by atoms with van der Waals surface area (Å²) in [5, 5.41) is 0. The molecular formula is C38H37FN2O4. The first-order valence-electron chi connectivity index (χ1n) is 14.9. The van der Waals surface area contributed by atoms with Crippen LogP contribution in [-0.2, 0) is 25.9 Å². The quantitative estimate of drug-likeness (QED) is 0.211. The zero-order valence-corrected chi connectivity index (χ0v) is 25.7. The topological polar surface area (TPSA) is 59.1 Å². The van der Waals surface area contributed by atoms with Crippen LogP contribution in [-0.4, -0.2) is 48.9 Å². The average Bonchev–Trinajstić information content (AvgIpc) is 3.08. The molecule has 0 fully saturated rings. The number of halogens is 1. The van der Waals surface area contributed by atoms with Crippen molar-refractivity contribution in [1.29, 1.82) is 0 Å². The summed E-state index contributed by atoms with van der Waals surface area (Å²) in [5.74, 6) is 1.24. The van der Waals surface area contributed by atoms with E-state index >= 15 is 0 Å². The number of nitrogens with zero attached hydrogens (tertiary/aromatic N) is 2. The fourth-order valence-corrected chi connectivity index (χ4v) is 5.59. The van der Waals surface area contributed by atoms with Crippen LogP contribution in [0.4, 0.5) is 4.39 Å². The Labute approximate surface area is 264 Å². The van der Waals surface area contributed by atoms with Crippen molar-refractivity contribution >= 4 is 23.7 Å². The molecule has 2 aliphatic rings. The second-order valence-corrected chi connectivity index (χ2v) is 11.0. The molecular weight excluding hydrogens is 567 g/mol. The number of ether oxygens (including phenoxy) is 2. The molecule has 0 N–H and O–H groups in total. The Balaban J connectivity index is 0.000000178. The highest BCUT2D eigenvalue weighted by Crippen LogP contribution is 2.26. The first kappa shape index (κ1) is 31.3. The van der Waals surface area contributed by atoms with Gasteiger partial charge in [0, 0.05) is 42.9 Å². The van der Waals surface area contributed by atoms with Crippen LogP contribution >= 0.6 is 0 Å². The Hall–Kier alpha value is -5.17. The molecule has 0 saturated carbocycles. The molecule has 6 nitrogen and oxygen atoms in total. The molecule has 230 valence electrons. The number of methoxy groups -OCH3 is 2. The molecule has 4 aromatic rings. The summed E-state index contributed by atoms with van der Waals surface area (Å²) >= 11 is 0. The molecule has 2 heterocycles. The summed E-state index contributed by atoms with van der Waals surface area (Å²) in [6, 6.07) is 26.5. The Bertz CT molecular complexity index is 1710. The number of amides is 2. The van der Waals surface area contributed by atoms with Crippen molar-refractivity contribution in [1.82, 2.24) is 9.80 Å². The van der Waals surface area contributed by atoms with Gasteiger partial charge in [-0.2, -0.15) is 0 Å². The van der Waals surface area contributed by atoms with E-state index in [1.165, 1.54) is 0 Å². The summed E-state index contributed by atoms with van der Waals surface area (Å²) in [4.78, 5) is 28.9. The Morgan fingerprint density at radius 3 is 1.64 bits per heavy atom. The third kappa shape index (κ3) is 7.32. The SMILES string of the molecule is C=C(F)c1ccc2c(c1)CCN(Cc1ccc(OC)cc1)C2=O.C=Cc1ccc2c(c1)CCN(Cc1ccc(OC)cc1)C2=O. The van der Waals surface area contributed by atoms with Gasteiger partial charge in [0.25, 0.3) is 11.8 Å². The molecule has 0 bridgehead atoms. The summed E-state index contributed by atoms with van der Waals surface area (Å²) < 4.78 is 23.5. The molecule has 2 amide bonds. The third-order valence-corrected chi connectivity index (χ3v) is 8.19. The molecule has 0 atom stereocenters. The van der Waals surface area contributed by atoms with Crippen LogP contribution in [0.2, 0.25) is 0 Å². The fourth-order valence-electron chi connectivity index (χ4n) is 5.59. The van der Waals surface area contributed by atoms with Crippen LogP contribution in [0.25, 0.3) is 11.9 Å².